The molecule has 1 N–H and O–H groups in total. The number of likely N-dealkylation sites (tertiary alicyclic amines) is 1. The van der Waals surface area contributed by atoms with Crippen molar-refractivity contribution >= 4 is 11.8 Å². The van der Waals surface area contributed by atoms with Crippen LogP contribution in [0.25, 0.3) is 0 Å². The summed E-state index contributed by atoms with van der Waals surface area (Å²) in [6, 6.07) is 0. The fraction of sp³-hybridized carbons (Fsp3) is 0.889. The molecule has 138 valence electrons. The number of nitrogens with zero attached hydrogens (tertiary/aromatic N) is 3. The molecule has 6 heteroatoms. The van der Waals surface area contributed by atoms with Crippen molar-refractivity contribution in [3.8, 4) is 0 Å². The van der Waals surface area contributed by atoms with E-state index in [9.17, 15) is 9.59 Å². The van der Waals surface area contributed by atoms with Gasteiger partial charge in [0.05, 0.1) is 13.1 Å². The zero-order valence-electron chi connectivity index (χ0n) is 15.8. The first kappa shape index (κ1) is 19.2. The highest BCUT2D eigenvalue weighted by molar-refractivity contribution is 5.79. The summed E-state index contributed by atoms with van der Waals surface area (Å²) in [7, 11) is 0. The van der Waals surface area contributed by atoms with Crippen LogP contribution in [-0.4, -0.2) is 84.4 Å². The third-order valence-electron chi connectivity index (χ3n) is 4.84. The fourth-order valence-corrected chi connectivity index (χ4v) is 3.33. The van der Waals surface area contributed by atoms with Gasteiger partial charge in [-0.05, 0) is 52.6 Å². The van der Waals surface area contributed by atoms with Gasteiger partial charge in [-0.3, -0.25) is 19.4 Å². The van der Waals surface area contributed by atoms with Crippen LogP contribution in [0.3, 0.4) is 0 Å². The molecule has 2 rings (SSSR count). The number of hydrogen-bond donors (Lipinski definition) is 1. The minimum absolute atomic E-state index is 0.0599. The van der Waals surface area contributed by atoms with Gasteiger partial charge in [-0.1, -0.05) is 6.92 Å². The summed E-state index contributed by atoms with van der Waals surface area (Å²) in [5, 5.41) is 2.99. The van der Waals surface area contributed by atoms with E-state index in [0.29, 0.717) is 13.1 Å². The smallest absolute Gasteiger partial charge is 0.236 e. The molecule has 0 aromatic heterocycles. The van der Waals surface area contributed by atoms with Gasteiger partial charge in [0, 0.05) is 31.7 Å². The lowest BCUT2D eigenvalue weighted by Gasteiger charge is -2.37. The molecule has 0 spiro atoms. The number of amides is 2. The van der Waals surface area contributed by atoms with E-state index in [0.717, 1.165) is 45.2 Å². The van der Waals surface area contributed by atoms with Crippen LogP contribution in [0.2, 0.25) is 0 Å². The Hall–Kier alpha value is -1.14. The molecule has 6 nitrogen and oxygen atoms in total. The average molecular weight is 338 g/mol. The molecule has 0 radical (unpaired) electrons. The number of rotatable bonds is 4. The van der Waals surface area contributed by atoms with Crippen molar-refractivity contribution in [2.75, 3.05) is 52.4 Å². The number of nitrogens with one attached hydrogen (secondary N) is 1. The second-order valence-electron chi connectivity index (χ2n) is 8.41. The molecule has 0 bridgehead atoms. The van der Waals surface area contributed by atoms with E-state index in [1.54, 1.807) is 0 Å². The van der Waals surface area contributed by atoms with E-state index in [-0.39, 0.29) is 17.4 Å². The molecule has 0 unspecified atom stereocenters. The SMILES string of the molecule is CC1CCN(CC(=O)N2CCN(CC(=O)NC(C)(C)C)CC2)CC1. The quantitative estimate of drug-likeness (QED) is 0.823. The number of piperidine rings is 1. The molecule has 0 saturated carbocycles. The molecule has 2 heterocycles. The molecule has 2 aliphatic rings. The molecule has 0 aromatic carbocycles. The largest absolute Gasteiger partial charge is 0.350 e. The van der Waals surface area contributed by atoms with Crippen molar-refractivity contribution in [1.29, 1.82) is 0 Å². The lowest BCUT2D eigenvalue weighted by molar-refractivity contribution is -0.134. The molecule has 2 fully saturated rings. The molecule has 0 aliphatic carbocycles. The minimum Gasteiger partial charge on any atom is -0.350 e. The van der Waals surface area contributed by atoms with Gasteiger partial charge in [0.25, 0.3) is 0 Å². The Kier molecular flexibility index (Phi) is 6.63. The Balaban J connectivity index is 1.68. The Morgan fingerprint density at radius 3 is 2.00 bits per heavy atom. The highest BCUT2D eigenvalue weighted by Crippen LogP contribution is 2.16. The molecule has 2 amide bonds. The third kappa shape index (κ3) is 6.40. The first-order valence-electron chi connectivity index (χ1n) is 9.26. The number of carbonyl (C=O) groups excluding carboxylic acids is 2. The van der Waals surface area contributed by atoms with Crippen molar-refractivity contribution < 1.29 is 9.59 Å². The van der Waals surface area contributed by atoms with E-state index in [1.807, 2.05) is 25.7 Å². The van der Waals surface area contributed by atoms with Gasteiger partial charge < -0.3 is 10.2 Å². The van der Waals surface area contributed by atoms with Crippen LogP contribution < -0.4 is 5.32 Å². The Morgan fingerprint density at radius 1 is 0.917 bits per heavy atom. The number of carbonyl (C=O) groups is 2. The maximum absolute atomic E-state index is 12.5. The van der Waals surface area contributed by atoms with Crippen LogP contribution in [0.4, 0.5) is 0 Å². The molecule has 0 aromatic rings. The summed E-state index contributed by atoms with van der Waals surface area (Å²) in [5.41, 5.74) is -0.194. The van der Waals surface area contributed by atoms with Crippen molar-refractivity contribution in [2.24, 2.45) is 5.92 Å². The lowest BCUT2D eigenvalue weighted by atomic mass is 9.99. The van der Waals surface area contributed by atoms with Gasteiger partial charge in [0.1, 0.15) is 0 Å². The molecule has 24 heavy (non-hydrogen) atoms. The normalized spacial score (nSPS) is 21.8. The Labute approximate surface area is 146 Å². The summed E-state index contributed by atoms with van der Waals surface area (Å²) in [5.74, 6) is 1.09. The maximum Gasteiger partial charge on any atom is 0.236 e. The summed E-state index contributed by atoms with van der Waals surface area (Å²) in [4.78, 5) is 30.8. The van der Waals surface area contributed by atoms with E-state index in [2.05, 4.69) is 22.0 Å². The van der Waals surface area contributed by atoms with Crippen LogP contribution in [0, 0.1) is 5.92 Å². The van der Waals surface area contributed by atoms with Crippen LogP contribution in [0.15, 0.2) is 0 Å². The molecule has 2 saturated heterocycles. The fourth-order valence-electron chi connectivity index (χ4n) is 3.33. The van der Waals surface area contributed by atoms with Crippen LogP contribution in [-0.2, 0) is 9.59 Å². The third-order valence-corrected chi connectivity index (χ3v) is 4.84. The van der Waals surface area contributed by atoms with Gasteiger partial charge >= 0.3 is 0 Å². The van der Waals surface area contributed by atoms with E-state index < -0.39 is 0 Å². The minimum atomic E-state index is -0.194. The van der Waals surface area contributed by atoms with Gasteiger partial charge in [-0.15, -0.1) is 0 Å². The van der Waals surface area contributed by atoms with Crippen molar-refractivity contribution in [2.45, 2.75) is 46.1 Å². The van der Waals surface area contributed by atoms with Gasteiger partial charge in [-0.2, -0.15) is 0 Å². The lowest BCUT2D eigenvalue weighted by Crippen LogP contribution is -2.54. The monoisotopic (exact) mass is 338 g/mol. The van der Waals surface area contributed by atoms with Gasteiger partial charge in [0.2, 0.25) is 11.8 Å². The van der Waals surface area contributed by atoms with E-state index in [1.165, 1.54) is 12.8 Å². The van der Waals surface area contributed by atoms with Gasteiger partial charge in [-0.25, -0.2) is 0 Å². The first-order valence-corrected chi connectivity index (χ1v) is 9.26. The predicted molar refractivity (Wildman–Crippen MR) is 95.8 cm³/mol. The van der Waals surface area contributed by atoms with Crippen molar-refractivity contribution in [3.63, 3.8) is 0 Å². The standard InChI is InChI=1S/C18H34N4O2/c1-15-5-7-20(8-6-15)14-17(24)22-11-9-21(10-12-22)13-16(23)19-18(2,3)4/h15H,5-14H2,1-4H3,(H,19,23). The summed E-state index contributed by atoms with van der Waals surface area (Å²) < 4.78 is 0. The number of piperazine rings is 1. The number of hydrogen-bond acceptors (Lipinski definition) is 4. The van der Waals surface area contributed by atoms with Crippen LogP contribution in [0.5, 0.6) is 0 Å². The maximum atomic E-state index is 12.5. The van der Waals surface area contributed by atoms with Crippen LogP contribution >= 0.6 is 0 Å². The first-order chi connectivity index (χ1) is 11.2. The highest BCUT2D eigenvalue weighted by Gasteiger charge is 2.25. The second-order valence-corrected chi connectivity index (χ2v) is 8.41. The molecular formula is C18H34N4O2. The Morgan fingerprint density at radius 2 is 1.46 bits per heavy atom. The van der Waals surface area contributed by atoms with Crippen LogP contribution in [0.1, 0.15) is 40.5 Å². The van der Waals surface area contributed by atoms with Crippen molar-refractivity contribution in [3.05, 3.63) is 0 Å². The molecule has 0 atom stereocenters. The summed E-state index contributed by atoms with van der Waals surface area (Å²) in [6.45, 7) is 14.3. The zero-order valence-corrected chi connectivity index (χ0v) is 15.8. The van der Waals surface area contributed by atoms with Gasteiger partial charge in [0.15, 0.2) is 0 Å². The average Bonchev–Trinajstić information content (AvgIpc) is 2.48. The molecular weight excluding hydrogens is 304 g/mol. The zero-order chi connectivity index (χ0) is 17.7. The topological polar surface area (TPSA) is 55.9 Å². The Bertz CT molecular complexity index is 431. The predicted octanol–water partition coefficient (Wildman–Crippen LogP) is 0.777. The summed E-state index contributed by atoms with van der Waals surface area (Å²) in [6.07, 6.45) is 2.40. The molecule has 2 aliphatic heterocycles. The summed E-state index contributed by atoms with van der Waals surface area (Å²) >= 11 is 0. The second kappa shape index (κ2) is 8.30. The van der Waals surface area contributed by atoms with E-state index in [4.69, 9.17) is 0 Å². The highest BCUT2D eigenvalue weighted by atomic mass is 16.2. The van der Waals surface area contributed by atoms with Crippen molar-refractivity contribution in [1.82, 2.24) is 20.0 Å². The van der Waals surface area contributed by atoms with E-state index >= 15 is 0 Å².